The zero-order valence-electron chi connectivity index (χ0n) is 11.5. The highest BCUT2D eigenvalue weighted by molar-refractivity contribution is 6.41. The Labute approximate surface area is 98.7 Å². The van der Waals surface area contributed by atoms with Gasteiger partial charge in [-0.1, -0.05) is 29.2 Å². The molecule has 0 aliphatic rings. The van der Waals surface area contributed by atoms with E-state index in [1.807, 2.05) is 0 Å². The van der Waals surface area contributed by atoms with Crippen molar-refractivity contribution < 1.29 is 9.90 Å². The van der Waals surface area contributed by atoms with E-state index in [2.05, 4.69) is 0 Å². The number of benzene rings is 2. The molecule has 1 heterocycles. The molecule has 0 saturated carbocycles. The number of rotatable bonds is 0. The van der Waals surface area contributed by atoms with Gasteiger partial charge < -0.3 is 4.42 Å². The molecule has 0 N–H and O–H groups in total. The summed E-state index contributed by atoms with van der Waals surface area (Å²) in [7, 11) is 5.85. The molecule has 15 heavy (non-hydrogen) atoms. The second-order valence-electron chi connectivity index (χ2n) is 3.12. The molecule has 3 rings (SSSR count). The summed E-state index contributed by atoms with van der Waals surface area (Å²) in [5.41, 5.74) is 0.561. The molecule has 2 aromatic carbocycles. The maximum Gasteiger partial charge on any atom is 0.136 e. The molecule has 3 aromatic rings. The fourth-order valence-electron chi connectivity index (χ4n) is 1.57. The Morgan fingerprint density at radius 1 is 1.27 bits per heavy atom. The Bertz CT molecular complexity index is 843. The Balaban J connectivity index is 2.66. The zero-order valence-corrected chi connectivity index (χ0v) is 8.27. The third-order valence-corrected chi connectivity index (χ3v) is 2.42. The Morgan fingerprint density at radius 2 is 2.13 bits per heavy atom. The minimum atomic E-state index is -0.106. The average molecular weight is 216 g/mol. The highest BCUT2D eigenvalue weighted by atomic mass is 35.5. The normalized spacial score (nSPS) is 15.0. The second-order valence-corrected chi connectivity index (χ2v) is 3.50. The molecule has 0 aliphatic carbocycles. The van der Waals surface area contributed by atoms with Gasteiger partial charge in [0, 0.05) is 21.8 Å². The Morgan fingerprint density at radius 3 is 3.00 bits per heavy atom. The minimum Gasteiger partial charge on any atom is -0.456 e. The van der Waals surface area contributed by atoms with Gasteiger partial charge in [-0.15, -0.1) is 0 Å². The van der Waals surface area contributed by atoms with Gasteiger partial charge in [-0.2, -0.15) is 0 Å². The third kappa shape index (κ3) is 1.25. The van der Waals surface area contributed by atoms with Crippen molar-refractivity contribution in [1.82, 2.24) is 0 Å². The lowest BCUT2D eigenvalue weighted by Crippen LogP contribution is -2.00. The molecule has 0 amide bonds. The first-order chi connectivity index (χ1) is 8.91. The van der Waals surface area contributed by atoms with E-state index in [1.54, 1.807) is 0 Å². The smallest absolute Gasteiger partial charge is 0.136 e. The van der Waals surface area contributed by atoms with E-state index in [0.29, 0.717) is 10.8 Å². The van der Waals surface area contributed by atoms with Crippen LogP contribution in [0.25, 0.3) is 21.9 Å². The van der Waals surface area contributed by atoms with Crippen LogP contribution in [0.1, 0.15) is 5.48 Å². The fourth-order valence-corrected chi connectivity index (χ4v) is 1.71. The van der Waals surface area contributed by atoms with Crippen LogP contribution in [0.2, 0.25) is 5.02 Å². The van der Waals surface area contributed by atoms with Gasteiger partial charge in [-0.25, -0.2) is 0 Å². The number of hydrogen-bond acceptors (Lipinski definition) is 1. The summed E-state index contributed by atoms with van der Waals surface area (Å²) in [5.74, 6) is 0. The molecule has 1 aromatic heterocycles. The fraction of sp³-hybridized carbons (Fsp3) is 0. The molecule has 0 saturated heterocycles. The maximum atomic E-state index is 7.86. The molecule has 0 unspecified atom stereocenters. The van der Waals surface area contributed by atoms with Gasteiger partial charge in [-0.05, 0) is 18.2 Å². The van der Waals surface area contributed by atoms with Crippen LogP contribution in [0.5, 0.6) is 0 Å². The van der Waals surface area contributed by atoms with Crippen molar-refractivity contribution in [3.63, 3.8) is 0 Å². The highest BCUT2D eigenvalue weighted by Gasteiger charge is 2.07. The third-order valence-electron chi connectivity index (χ3n) is 2.21. The number of fused-ring (bicyclic) bond motifs is 3. The summed E-state index contributed by atoms with van der Waals surface area (Å²) < 4.78 is 36.5. The average Bonchev–Trinajstić information content (AvgIpc) is 2.73. The van der Waals surface area contributed by atoms with Gasteiger partial charge in [0.2, 0.25) is 0 Å². The second kappa shape index (κ2) is 3.04. The molecule has 0 bridgehead atoms. The van der Waals surface area contributed by atoms with Crippen LogP contribution in [0, 0.1) is 0 Å². The van der Waals surface area contributed by atoms with Crippen molar-refractivity contribution in [3.05, 3.63) is 41.3 Å². The molecule has 2 radical (unpaired) electrons. The SMILES string of the molecule is [2H]c1cc2c(oc3c([2H])cc([2H])c([B])c32)c([2H])c1Cl. The largest absolute Gasteiger partial charge is 0.456 e. The standard InChI is InChI=1S/C12H6BClO/c13-9-2-1-3-10-12(9)8-5-4-7(14)6-11(8)15-10/h1-6H/i2D,3D,4D,6D. The van der Waals surface area contributed by atoms with Crippen molar-refractivity contribution in [3.8, 4) is 0 Å². The van der Waals surface area contributed by atoms with Crippen LogP contribution >= 0.6 is 11.6 Å². The highest BCUT2D eigenvalue weighted by Crippen LogP contribution is 2.28. The van der Waals surface area contributed by atoms with E-state index < -0.39 is 0 Å². The summed E-state index contributed by atoms with van der Waals surface area (Å²) in [6.45, 7) is 0. The molecule has 1 nitrogen and oxygen atoms in total. The molecule has 3 heteroatoms. The first kappa shape index (κ1) is 5.62. The topological polar surface area (TPSA) is 13.1 Å². The van der Waals surface area contributed by atoms with E-state index >= 15 is 0 Å². The van der Waals surface area contributed by atoms with Crippen LogP contribution in [0.4, 0.5) is 0 Å². The zero-order chi connectivity index (χ0) is 13.9. The van der Waals surface area contributed by atoms with E-state index in [9.17, 15) is 0 Å². The minimum absolute atomic E-state index is 0.0109. The van der Waals surface area contributed by atoms with E-state index in [1.165, 1.54) is 12.1 Å². The molecule has 0 atom stereocenters. The van der Waals surface area contributed by atoms with Crippen LogP contribution in [0.15, 0.2) is 40.7 Å². The first-order valence-electron chi connectivity index (χ1n) is 6.29. The lowest BCUT2D eigenvalue weighted by atomic mass is 9.91. The lowest BCUT2D eigenvalue weighted by molar-refractivity contribution is 0.669. The van der Waals surface area contributed by atoms with Gasteiger partial charge in [0.15, 0.2) is 0 Å². The first-order valence-corrected chi connectivity index (χ1v) is 4.67. The number of furan rings is 1. The van der Waals surface area contributed by atoms with Crippen molar-refractivity contribution in [1.29, 1.82) is 0 Å². The monoisotopic (exact) mass is 216 g/mol. The van der Waals surface area contributed by atoms with E-state index in [-0.39, 0.29) is 45.8 Å². The van der Waals surface area contributed by atoms with Gasteiger partial charge in [0.05, 0.1) is 5.48 Å². The van der Waals surface area contributed by atoms with Crippen LogP contribution in [-0.2, 0) is 0 Å². The molecule has 0 spiro atoms. The van der Waals surface area contributed by atoms with E-state index in [4.69, 9.17) is 29.3 Å². The van der Waals surface area contributed by atoms with Crippen molar-refractivity contribution in [2.75, 3.05) is 0 Å². The van der Waals surface area contributed by atoms with Crippen molar-refractivity contribution in [2.45, 2.75) is 0 Å². The summed E-state index contributed by atoms with van der Waals surface area (Å²) in [4.78, 5) is 0. The summed E-state index contributed by atoms with van der Waals surface area (Å²) in [6.07, 6.45) is 0. The van der Waals surface area contributed by atoms with Gasteiger partial charge in [-0.3, -0.25) is 0 Å². The van der Waals surface area contributed by atoms with Gasteiger partial charge in [0.25, 0.3) is 0 Å². The van der Waals surface area contributed by atoms with Gasteiger partial charge in [0.1, 0.15) is 19.0 Å². The van der Waals surface area contributed by atoms with Crippen LogP contribution < -0.4 is 5.46 Å². The quantitative estimate of drug-likeness (QED) is 0.527. The van der Waals surface area contributed by atoms with Crippen LogP contribution in [0.3, 0.4) is 0 Å². The number of halogens is 1. The lowest BCUT2D eigenvalue weighted by Gasteiger charge is -1.94. The summed E-state index contributed by atoms with van der Waals surface area (Å²) in [6, 6.07) is 2.65. The Kier molecular flexibility index (Phi) is 1.14. The summed E-state index contributed by atoms with van der Waals surface area (Å²) >= 11 is 5.84. The summed E-state index contributed by atoms with van der Waals surface area (Å²) in [5, 5.41) is 0.823. The molecule has 70 valence electrons. The van der Waals surface area contributed by atoms with Gasteiger partial charge >= 0.3 is 0 Å². The van der Waals surface area contributed by atoms with Crippen molar-refractivity contribution >= 4 is 46.8 Å². The predicted molar refractivity (Wildman–Crippen MR) is 64.1 cm³/mol. The molecule has 0 aliphatic heterocycles. The molecular weight excluding hydrogens is 206 g/mol. The molecule has 0 fully saturated rings. The van der Waals surface area contributed by atoms with Crippen LogP contribution in [-0.4, -0.2) is 7.85 Å². The number of hydrogen-bond donors (Lipinski definition) is 0. The predicted octanol–water partition coefficient (Wildman–Crippen LogP) is 3.03. The van der Waals surface area contributed by atoms with E-state index in [0.717, 1.165) is 0 Å². The Hall–Kier alpha value is -1.41. The van der Waals surface area contributed by atoms with Crippen molar-refractivity contribution in [2.24, 2.45) is 0 Å². The molecular formula is C12H6BClO. The maximum absolute atomic E-state index is 7.86.